The van der Waals surface area contributed by atoms with Crippen molar-refractivity contribution in [2.75, 3.05) is 20.3 Å². The van der Waals surface area contributed by atoms with Crippen LogP contribution in [0.5, 0.6) is 0 Å². The maximum atomic E-state index is 10.2. The van der Waals surface area contributed by atoms with Crippen LogP contribution in [0.25, 0.3) is 0 Å². The number of hydrogen-bond donors (Lipinski definition) is 7. The third-order valence-electron chi connectivity index (χ3n) is 4.20. The Bertz CT molecular complexity index is 392. The van der Waals surface area contributed by atoms with E-state index in [-0.39, 0.29) is 0 Å². The molecule has 0 amide bonds. The van der Waals surface area contributed by atoms with Gasteiger partial charge in [0, 0.05) is 7.11 Å². The number of methoxy groups -OCH3 is 1. The first-order valence-electron chi connectivity index (χ1n) is 7.46. The molecule has 11 nitrogen and oxygen atoms in total. The predicted octanol–water partition coefficient (Wildman–Crippen LogP) is -4.74. The topological polar surface area (TPSA) is 179 Å². The molecular formula is C13H24O11. The molecule has 0 aromatic carbocycles. The largest absolute Gasteiger partial charge is 0.394 e. The van der Waals surface area contributed by atoms with Gasteiger partial charge in [-0.25, -0.2) is 0 Å². The molecule has 2 rings (SSSR count). The summed E-state index contributed by atoms with van der Waals surface area (Å²) < 4.78 is 20.8. The van der Waals surface area contributed by atoms with Gasteiger partial charge in [-0.05, 0) is 0 Å². The molecule has 5 unspecified atom stereocenters. The number of rotatable bonds is 5. The van der Waals surface area contributed by atoms with Gasteiger partial charge in [-0.2, -0.15) is 0 Å². The standard InChI is InChI=1S/C13H24O11/c1-21-13-11(9(19)7(17)5(3-15)23-13)24-12-10(20)8(18)6(16)4(2-14)22-12/h4-20H,2-3H2,1H3/t4?,5?,6-,7?,8?,9?,10+,11+,12+,13-/m1/s1. The summed E-state index contributed by atoms with van der Waals surface area (Å²) >= 11 is 0. The average molecular weight is 356 g/mol. The van der Waals surface area contributed by atoms with E-state index in [1.807, 2.05) is 0 Å². The van der Waals surface area contributed by atoms with E-state index in [2.05, 4.69) is 0 Å². The second kappa shape index (κ2) is 8.29. The normalized spacial score (nSPS) is 50.0. The summed E-state index contributed by atoms with van der Waals surface area (Å²) in [5.41, 5.74) is 0. The van der Waals surface area contributed by atoms with Crippen LogP contribution in [0.3, 0.4) is 0 Å². The Morgan fingerprint density at radius 1 is 0.708 bits per heavy atom. The quantitative estimate of drug-likeness (QED) is 0.251. The van der Waals surface area contributed by atoms with Crippen molar-refractivity contribution >= 4 is 0 Å². The van der Waals surface area contributed by atoms with Crippen molar-refractivity contribution in [3.8, 4) is 0 Å². The Morgan fingerprint density at radius 3 is 1.71 bits per heavy atom. The number of hydrogen-bond acceptors (Lipinski definition) is 11. The third kappa shape index (κ3) is 3.71. The first-order valence-corrected chi connectivity index (χ1v) is 7.46. The molecule has 0 aromatic heterocycles. The fraction of sp³-hybridized carbons (Fsp3) is 1.00. The van der Waals surface area contributed by atoms with E-state index in [9.17, 15) is 25.5 Å². The number of aliphatic hydroxyl groups is 7. The maximum absolute atomic E-state index is 10.2. The first kappa shape index (κ1) is 19.9. The first-order chi connectivity index (χ1) is 11.3. The van der Waals surface area contributed by atoms with Crippen LogP contribution in [-0.2, 0) is 18.9 Å². The van der Waals surface area contributed by atoms with E-state index in [0.717, 1.165) is 0 Å². The summed E-state index contributed by atoms with van der Waals surface area (Å²) in [4.78, 5) is 0. The fourth-order valence-electron chi connectivity index (χ4n) is 2.73. The van der Waals surface area contributed by atoms with Gasteiger partial charge in [-0.15, -0.1) is 0 Å². The van der Waals surface area contributed by atoms with E-state index in [4.69, 9.17) is 29.2 Å². The van der Waals surface area contributed by atoms with Crippen LogP contribution in [0.15, 0.2) is 0 Å². The minimum absolute atomic E-state index is 0.565. The van der Waals surface area contributed by atoms with Crippen molar-refractivity contribution in [1.29, 1.82) is 0 Å². The zero-order valence-corrected chi connectivity index (χ0v) is 13.0. The molecular weight excluding hydrogens is 332 g/mol. The van der Waals surface area contributed by atoms with Gasteiger partial charge in [0.25, 0.3) is 0 Å². The van der Waals surface area contributed by atoms with E-state index in [1.54, 1.807) is 0 Å². The molecule has 11 heteroatoms. The van der Waals surface area contributed by atoms with Crippen LogP contribution >= 0.6 is 0 Å². The molecule has 0 aromatic rings. The molecule has 0 radical (unpaired) electrons. The Morgan fingerprint density at radius 2 is 1.21 bits per heavy atom. The number of ether oxygens (including phenoxy) is 4. The van der Waals surface area contributed by atoms with Gasteiger partial charge in [0.1, 0.15) is 48.8 Å². The highest BCUT2D eigenvalue weighted by Gasteiger charge is 2.50. The zero-order chi connectivity index (χ0) is 18.0. The molecule has 0 spiro atoms. The lowest BCUT2D eigenvalue weighted by atomic mass is 9.97. The molecule has 2 aliphatic heterocycles. The Hall–Kier alpha value is -0.440. The lowest BCUT2D eigenvalue weighted by Gasteiger charge is -2.45. The van der Waals surface area contributed by atoms with Crippen molar-refractivity contribution in [1.82, 2.24) is 0 Å². The fourth-order valence-corrected chi connectivity index (χ4v) is 2.73. The summed E-state index contributed by atoms with van der Waals surface area (Å²) in [7, 11) is 1.24. The number of aliphatic hydroxyl groups excluding tert-OH is 7. The highest BCUT2D eigenvalue weighted by atomic mass is 16.8. The Labute approximate surface area is 137 Å². The molecule has 2 heterocycles. The molecule has 10 atom stereocenters. The minimum atomic E-state index is -1.68. The molecule has 2 aliphatic rings. The molecule has 0 aliphatic carbocycles. The Balaban J connectivity index is 2.12. The third-order valence-corrected chi connectivity index (χ3v) is 4.20. The second-order valence-electron chi connectivity index (χ2n) is 5.74. The monoisotopic (exact) mass is 356 g/mol. The van der Waals surface area contributed by atoms with Gasteiger partial charge < -0.3 is 54.7 Å². The molecule has 7 N–H and O–H groups in total. The minimum Gasteiger partial charge on any atom is -0.394 e. The van der Waals surface area contributed by atoms with Crippen LogP contribution in [-0.4, -0.2) is 117 Å². The summed E-state index contributed by atoms with van der Waals surface area (Å²) in [5.74, 6) is 0. The summed E-state index contributed by atoms with van der Waals surface area (Å²) in [5, 5.41) is 67.8. The van der Waals surface area contributed by atoms with Crippen LogP contribution in [0.1, 0.15) is 0 Å². The lowest BCUT2D eigenvalue weighted by molar-refractivity contribution is -0.364. The second-order valence-corrected chi connectivity index (χ2v) is 5.74. The van der Waals surface area contributed by atoms with Crippen molar-refractivity contribution in [3.05, 3.63) is 0 Å². The average Bonchev–Trinajstić information content (AvgIpc) is 2.59. The Kier molecular flexibility index (Phi) is 6.87. The predicted molar refractivity (Wildman–Crippen MR) is 73.4 cm³/mol. The van der Waals surface area contributed by atoms with E-state index >= 15 is 0 Å². The highest BCUT2D eigenvalue weighted by molar-refractivity contribution is 4.93. The van der Waals surface area contributed by atoms with Gasteiger partial charge in [0.05, 0.1) is 13.2 Å². The molecule has 0 bridgehead atoms. The van der Waals surface area contributed by atoms with Crippen LogP contribution in [0.4, 0.5) is 0 Å². The SMILES string of the molecule is CO[C@@H]1OC(CO)C(O)C(O)[C@@H]1O[C@@H]1OC(CO)[C@@H](O)C(O)[C@@H]1O. The van der Waals surface area contributed by atoms with Gasteiger partial charge >= 0.3 is 0 Å². The van der Waals surface area contributed by atoms with Gasteiger partial charge in [0.2, 0.25) is 0 Å². The van der Waals surface area contributed by atoms with E-state index in [1.165, 1.54) is 7.11 Å². The van der Waals surface area contributed by atoms with E-state index in [0.29, 0.717) is 0 Å². The maximum Gasteiger partial charge on any atom is 0.187 e. The van der Waals surface area contributed by atoms with Gasteiger partial charge in [-0.1, -0.05) is 0 Å². The van der Waals surface area contributed by atoms with E-state index < -0.39 is 74.6 Å². The molecule has 0 saturated carbocycles. The van der Waals surface area contributed by atoms with Crippen molar-refractivity contribution < 1.29 is 54.7 Å². The van der Waals surface area contributed by atoms with Gasteiger partial charge in [0.15, 0.2) is 12.6 Å². The summed E-state index contributed by atoms with van der Waals surface area (Å²) in [6.45, 7) is -1.21. The zero-order valence-electron chi connectivity index (χ0n) is 13.0. The molecule has 142 valence electrons. The molecule has 2 fully saturated rings. The van der Waals surface area contributed by atoms with Crippen molar-refractivity contribution in [3.63, 3.8) is 0 Å². The highest BCUT2D eigenvalue weighted by Crippen LogP contribution is 2.29. The van der Waals surface area contributed by atoms with Gasteiger partial charge in [-0.3, -0.25) is 0 Å². The summed E-state index contributed by atoms with van der Waals surface area (Å²) in [6.07, 6.45) is -14.3. The lowest BCUT2D eigenvalue weighted by Crippen LogP contribution is -2.64. The molecule has 2 saturated heterocycles. The van der Waals surface area contributed by atoms with Crippen LogP contribution < -0.4 is 0 Å². The van der Waals surface area contributed by atoms with Crippen LogP contribution in [0, 0.1) is 0 Å². The smallest absolute Gasteiger partial charge is 0.187 e. The molecule has 24 heavy (non-hydrogen) atoms. The summed E-state index contributed by atoms with van der Waals surface area (Å²) in [6, 6.07) is 0. The van der Waals surface area contributed by atoms with Crippen molar-refractivity contribution in [2.24, 2.45) is 0 Å². The van der Waals surface area contributed by atoms with Crippen LogP contribution in [0.2, 0.25) is 0 Å². The van der Waals surface area contributed by atoms with Crippen molar-refractivity contribution in [2.45, 2.75) is 61.4 Å².